The van der Waals surface area contributed by atoms with Crippen LogP contribution in [0.2, 0.25) is 0 Å². The number of hydrogen-bond donors (Lipinski definition) is 1. The van der Waals surface area contributed by atoms with Gasteiger partial charge in [-0.3, -0.25) is 4.79 Å². The number of carbonyl (C=O) groups is 1. The van der Waals surface area contributed by atoms with Gasteiger partial charge in [0.2, 0.25) is 0 Å². The van der Waals surface area contributed by atoms with Crippen molar-refractivity contribution in [3.8, 4) is 11.5 Å². The molecule has 2 aromatic rings. The smallest absolute Gasteiger partial charge is 0.261 e. The van der Waals surface area contributed by atoms with Gasteiger partial charge >= 0.3 is 0 Å². The fourth-order valence-electron chi connectivity index (χ4n) is 2.54. The third-order valence-electron chi connectivity index (χ3n) is 3.68. The summed E-state index contributed by atoms with van der Waals surface area (Å²) >= 11 is 4.82. The van der Waals surface area contributed by atoms with Crippen molar-refractivity contribution in [2.45, 2.75) is 19.9 Å². The molecular formula is C17H18BrNO3S. The van der Waals surface area contributed by atoms with Crippen LogP contribution in [0, 0.1) is 5.92 Å². The van der Waals surface area contributed by atoms with Crippen molar-refractivity contribution in [3.63, 3.8) is 0 Å². The predicted molar refractivity (Wildman–Crippen MR) is 94.5 cm³/mol. The van der Waals surface area contributed by atoms with Gasteiger partial charge in [-0.05, 0) is 51.7 Å². The van der Waals surface area contributed by atoms with Crippen LogP contribution in [0.4, 0.5) is 0 Å². The zero-order valence-corrected chi connectivity index (χ0v) is 15.4. The van der Waals surface area contributed by atoms with E-state index in [0.29, 0.717) is 18.1 Å². The molecule has 122 valence electrons. The van der Waals surface area contributed by atoms with Gasteiger partial charge in [0.05, 0.1) is 14.7 Å². The lowest BCUT2D eigenvalue weighted by Crippen LogP contribution is -2.31. The van der Waals surface area contributed by atoms with Gasteiger partial charge in [0.1, 0.15) is 13.2 Å². The molecule has 1 N–H and O–H groups in total. The SMILES string of the molecule is CC(C)C(NC(=O)c1ccc(Br)s1)c1ccc2c(c1)OCCO2. The first-order valence-corrected chi connectivity index (χ1v) is 9.11. The Balaban J connectivity index is 1.82. The number of halogens is 1. The molecule has 0 saturated carbocycles. The lowest BCUT2D eigenvalue weighted by molar-refractivity contribution is 0.0929. The summed E-state index contributed by atoms with van der Waals surface area (Å²) in [5.41, 5.74) is 1.02. The largest absolute Gasteiger partial charge is 0.486 e. The number of carbonyl (C=O) groups excluding carboxylic acids is 1. The predicted octanol–water partition coefficient (Wildman–Crippen LogP) is 4.41. The van der Waals surface area contributed by atoms with Crippen molar-refractivity contribution in [1.82, 2.24) is 5.32 Å². The minimum atomic E-state index is -0.0841. The van der Waals surface area contributed by atoms with E-state index in [2.05, 4.69) is 35.1 Å². The zero-order chi connectivity index (χ0) is 16.4. The fraction of sp³-hybridized carbons (Fsp3) is 0.353. The Bertz CT molecular complexity index is 714. The molecule has 0 radical (unpaired) electrons. The number of benzene rings is 1. The monoisotopic (exact) mass is 395 g/mol. The Morgan fingerprint density at radius 3 is 2.57 bits per heavy atom. The maximum atomic E-state index is 12.5. The molecule has 0 spiro atoms. The Morgan fingerprint density at radius 1 is 1.17 bits per heavy atom. The molecule has 0 aliphatic carbocycles. The third kappa shape index (κ3) is 3.70. The van der Waals surface area contributed by atoms with Crippen molar-refractivity contribution < 1.29 is 14.3 Å². The standard InChI is InChI=1S/C17H18BrNO3S/c1-10(2)16(19-17(20)14-5-6-15(18)23-14)11-3-4-12-13(9-11)22-8-7-21-12/h3-6,9-10,16H,7-8H2,1-2H3,(H,19,20). The average molecular weight is 396 g/mol. The maximum Gasteiger partial charge on any atom is 0.261 e. The number of thiophene rings is 1. The van der Waals surface area contributed by atoms with E-state index in [4.69, 9.17) is 9.47 Å². The van der Waals surface area contributed by atoms with Crippen LogP contribution in [0.25, 0.3) is 0 Å². The molecule has 1 aliphatic rings. The van der Waals surface area contributed by atoms with Crippen molar-refractivity contribution >= 4 is 33.2 Å². The Morgan fingerprint density at radius 2 is 1.91 bits per heavy atom. The van der Waals surface area contributed by atoms with E-state index >= 15 is 0 Å². The summed E-state index contributed by atoms with van der Waals surface area (Å²) in [4.78, 5) is 13.2. The van der Waals surface area contributed by atoms with E-state index in [0.717, 1.165) is 20.8 Å². The number of hydrogen-bond acceptors (Lipinski definition) is 4. The summed E-state index contributed by atoms with van der Waals surface area (Å²) in [6.07, 6.45) is 0. The summed E-state index contributed by atoms with van der Waals surface area (Å²) in [5.74, 6) is 1.70. The van der Waals surface area contributed by atoms with Crippen molar-refractivity contribution in [2.24, 2.45) is 5.92 Å². The van der Waals surface area contributed by atoms with E-state index in [1.54, 1.807) is 0 Å². The highest BCUT2D eigenvalue weighted by atomic mass is 79.9. The van der Waals surface area contributed by atoms with Crippen LogP contribution in [0.3, 0.4) is 0 Å². The highest BCUT2D eigenvalue weighted by molar-refractivity contribution is 9.11. The zero-order valence-electron chi connectivity index (χ0n) is 13.0. The van der Waals surface area contributed by atoms with E-state index in [1.165, 1.54) is 11.3 Å². The number of amides is 1. The minimum absolute atomic E-state index is 0.0608. The quantitative estimate of drug-likeness (QED) is 0.833. The number of rotatable bonds is 4. The van der Waals surface area contributed by atoms with Crippen molar-refractivity contribution in [3.05, 3.63) is 44.6 Å². The van der Waals surface area contributed by atoms with Gasteiger partial charge in [-0.25, -0.2) is 0 Å². The number of nitrogens with one attached hydrogen (secondary N) is 1. The second-order valence-electron chi connectivity index (χ2n) is 5.70. The van der Waals surface area contributed by atoms with Crippen LogP contribution in [-0.4, -0.2) is 19.1 Å². The maximum absolute atomic E-state index is 12.5. The lowest BCUT2D eigenvalue weighted by Gasteiger charge is -2.25. The molecule has 0 fully saturated rings. The van der Waals surface area contributed by atoms with E-state index < -0.39 is 0 Å². The highest BCUT2D eigenvalue weighted by Gasteiger charge is 2.22. The van der Waals surface area contributed by atoms with Crippen LogP contribution in [-0.2, 0) is 0 Å². The van der Waals surface area contributed by atoms with Gasteiger partial charge in [-0.2, -0.15) is 0 Å². The van der Waals surface area contributed by atoms with Crippen LogP contribution in [0.5, 0.6) is 11.5 Å². The molecule has 6 heteroatoms. The van der Waals surface area contributed by atoms with E-state index in [9.17, 15) is 4.79 Å². The molecule has 1 amide bonds. The molecule has 4 nitrogen and oxygen atoms in total. The molecule has 1 aliphatic heterocycles. The molecule has 0 bridgehead atoms. The summed E-state index contributed by atoms with van der Waals surface area (Å²) in [6.45, 7) is 5.31. The van der Waals surface area contributed by atoms with Crippen LogP contribution < -0.4 is 14.8 Å². The molecular weight excluding hydrogens is 378 g/mol. The van der Waals surface area contributed by atoms with Crippen LogP contribution in [0.15, 0.2) is 34.1 Å². The van der Waals surface area contributed by atoms with Crippen molar-refractivity contribution in [2.75, 3.05) is 13.2 Å². The first kappa shape index (κ1) is 16.3. The Hall–Kier alpha value is -1.53. The molecule has 0 saturated heterocycles. The Kier molecular flexibility index (Phi) is 4.92. The Labute approximate surface area is 147 Å². The second-order valence-corrected chi connectivity index (χ2v) is 8.17. The molecule has 3 rings (SSSR count). The topological polar surface area (TPSA) is 47.6 Å². The van der Waals surface area contributed by atoms with Gasteiger partial charge in [-0.15, -0.1) is 11.3 Å². The molecule has 1 aromatic carbocycles. The average Bonchev–Trinajstić information content (AvgIpc) is 2.98. The third-order valence-corrected chi connectivity index (χ3v) is 5.30. The summed E-state index contributed by atoms with van der Waals surface area (Å²) in [7, 11) is 0. The molecule has 1 atom stereocenters. The summed E-state index contributed by atoms with van der Waals surface area (Å²) < 4.78 is 12.1. The van der Waals surface area contributed by atoms with Gasteiger partial charge in [0, 0.05) is 0 Å². The van der Waals surface area contributed by atoms with Gasteiger partial charge in [0.25, 0.3) is 5.91 Å². The first-order chi connectivity index (χ1) is 11.0. The minimum Gasteiger partial charge on any atom is -0.486 e. The van der Waals surface area contributed by atoms with Crippen molar-refractivity contribution in [1.29, 1.82) is 0 Å². The molecule has 23 heavy (non-hydrogen) atoms. The van der Waals surface area contributed by atoms with Crippen LogP contribution in [0.1, 0.15) is 35.1 Å². The highest BCUT2D eigenvalue weighted by Crippen LogP contribution is 2.34. The van der Waals surface area contributed by atoms with Crippen LogP contribution >= 0.6 is 27.3 Å². The van der Waals surface area contributed by atoms with Gasteiger partial charge in [-0.1, -0.05) is 19.9 Å². The summed E-state index contributed by atoms with van der Waals surface area (Å²) in [5, 5.41) is 3.12. The van der Waals surface area contributed by atoms with Gasteiger partial charge in [0.15, 0.2) is 11.5 Å². The van der Waals surface area contributed by atoms with Gasteiger partial charge < -0.3 is 14.8 Å². The van der Waals surface area contributed by atoms with E-state index in [-0.39, 0.29) is 17.9 Å². The molecule has 1 unspecified atom stereocenters. The molecule has 2 heterocycles. The second kappa shape index (κ2) is 6.93. The number of fused-ring (bicyclic) bond motifs is 1. The molecule has 1 aromatic heterocycles. The van der Waals surface area contributed by atoms with E-state index in [1.807, 2.05) is 30.3 Å². The number of ether oxygens (including phenoxy) is 2. The normalized spacial score (nSPS) is 14.6. The summed E-state index contributed by atoms with van der Waals surface area (Å²) in [6, 6.07) is 9.48. The fourth-order valence-corrected chi connectivity index (χ4v) is 3.83. The first-order valence-electron chi connectivity index (χ1n) is 7.50. The lowest BCUT2D eigenvalue weighted by atomic mass is 9.95.